The van der Waals surface area contributed by atoms with Gasteiger partial charge in [-0.1, -0.05) is 0 Å². The molecule has 1 rings (SSSR count). The predicted molar refractivity (Wildman–Crippen MR) is 39.9 cm³/mol. The third-order valence-electron chi connectivity index (χ3n) is 1.33. The van der Waals surface area contributed by atoms with Gasteiger partial charge in [0.1, 0.15) is 12.4 Å². The number of aliphatic hydroxyl groups is 1. The SMILES string of the molecule is OCNc1ccnc(C(F)(F)F)c1. The van der Waals surface area contributed by atoms with Gasteiger partial charge in [0.15, 0.2) is 0 Å². The highest BCUT2D eigenvalue weighted by Crippen LogP contribution is 2.28. The molecular formula is C7H7F3N2O. The van der Waals surface area contributed by atoms with Crippen LogP contribution in [0.5, 0.6) is 0 Å². The Morgan fingerprint density at radius 2 is 2.15 bits per heavy atom. The zero-order chi connectivity index (χ0) is 9.90. The number of rotatable bonds is 2. The van der Waals surface area contributed by atoms with Gasteiger partial charge in [0, 0.05) is 11.9 Å². The van der Waals surface area contributed by atoms with E-state index < -0.39 is 18.6 Å². The first-order chi connectivity index (χ1) is 6.04. The van der Waals surface area contributed by atoms with Crippen LogP contribution in [0.3, 0.4) is 0 Å². The van der Waals surface area contributed by atoms with Crippen molar-refractivity contribution in [3.8, 4) is 0 Å². The molecule has 0 saturated carbocycles. The van der Waals surface area contributed by atoms with Crippen molar-refractivity contribution < 1.29 is 18.3 Å². The van der Waals surface area contributed by atoms with Gasteiger partial charge >= 0.3 is 6.18 Å². The zero-order valence-electron chi connectivity index (χ0n) is 6.47. The molecule has 0 spiro atoms. The fourth-order valence-corrected chi connectivity index (χ4v) is 0.787. The molecule has 1 heterocycles. The minimum Gasteiger partial charge on any atom is -0.377 e. The second-order valence-corrected chi connectivity index (χ2v) is 2.26. The maximum atomic E-state index is 12.1. The van der Waals surface area contributed by atoms with Crippen molar-refractivity contribution >= 4 is 5.69 Å². The Hall–Kier alpha value is -1.30. The van der Waals surface area contributed by atoms with Crippen LogP contribution in [0.15, 0.2) is 18.3 Å². The van der Waals surface area contributed by atoms with E-state index in [-0.39, 0.29) is 5.69 Å². The predicted octanol–water partition coefficient (Wildman–Crippen LogP) is 1.46. The van der Waals surface area contributed by atoms with E-state index in [1.807, 2.05) is 0 Å². The van der Waals surface area contributed by atoms with Crippen molar-refractivity contribution in [3.05, 3.63) is 24.0 Å². The minimum absolute atomic E-state index is 0.185. The molecule has 0 amide bonds. The lowest BCUT2D eigenvalue weighted by Gasteiger charge is -2.07. The number of aromatic nitrogens is 1. The summed E-state index contributed by atoms with van der Waals surface area (Å²) in [5.74, 6) is 0. The van der Waals surface area contributed by atoms with Crippen LogP contribution >= 0.6 is 0 Å². The van der Waals surface area contributed by atoms with E-state index in [1.54, 1.807) is 0 Å². The van der Waals surface area contributed by atoms with Crippen molar-refractivity contribution in [3.63, 3.8) is 0 Å². The van der Waals surface area contributed by atoms with Gasteiger partial charge in [0.25, 0.3) is 0 Å². The number of halogens is 3. The third-order valence-corrected chi connectivity index (χ3v) is 1.33. The van der Waals surface area contributed by atoms with Gasteiger partial charge in [0.05, 0.1) is 0 Å². The van der Waals surface area contributed by atoms with Crippen molar-refractivity contribution in [1.82, 2.24) is 4.98 Å². The fourth-order valence-electron chi connectivity index (χ4n) is 0.787. The summed E-state index contributed by atoms with van der Waals surface area (Å²) in [5.41, 5.74) is -0.796. The van der Waals surface area contributed by atoms with Crippen LogP contribution in [0.1, 0.15) is 5.69 Å². The summed E-state index contributed by atoms with van der Waals surface area (Å²) < 4.78 is 36.2. The molecule has 0 aliphatic carbocycles. The third kappa shape index (κ3) is 2.59. The molecule has 1 aromatic rings. The Morgan fingerprint density at radius 1 is 1.46 bits per heavy atom. The van der Waals surface area contributed by atoms with Crippen LogP contribution in [0.25, 0.3) is 0 Å². The van der Waals surface area contributed by atoms with E-state index in [2.05, 4.69) is 10.3 Å². The monoisotopic (exact) mass is 192 g/mol. The summed E-state index contributed by atoms with van der Waals surface area (Å²) in [5, 5.41) is 10.7. The molecule has 3 nitrogen and oxygen atoms in total. The lowest BCUT2D eigenvalue weighted by Crippen LogP contribution is -2.09. The number of alkyl halides is 3. The molecule has 0 atom stereocenters. The van der Waals surface area contributed by atoms with E-state index in [0.29, 0.717) is 0 Å². The summed E-state index contributed by atoms with van der Waals surface area (Å²) in [4.78, 5) is 3.15. The number of pyridine rings is 1. The second kappa shape index (κ2) is 3.61. The van der Waals surface area contributed by atoms with Gasteiger partial charge in [-0.25, -0.2) is 0 Å². The average Bonchev–Trinajstić information content (AvgIpc) is 2.04. The summed E-state index contributed by atoms with van der Waals surface area (Å²) in [7, 11) is 0. The fraction of sp³-hybridized carbons (Fsp3) is 0.286. The molecule has 0 radical (unpaired) electrons. The highest BCUT2D eigenvalue weighted by Gasteiger charge is 2.32. The second-order valence-electron chi connectivity index (χ2n) is 2.26. The zero-order valence-corrected chi connectivity index (χ0v) is 6.47. The Bertz CT molecular complexity index is 287. The number of nitrogens with one attached hydrogen (secondary N) is 1. The van der Waals surface area contributed by atoms with E-state index in [9.17, 15) is 13.2 Å². The van der Waals surface area contributed by atoms with Gasteiger partial charge in [0.2, 0.25) is 0 Å². The van der Waals surface area contributed by atoms with Crippen LogP contribution in [-0.2, 0) is 6.18 Å². The molecule has 0 unspecified atom stereocenters. The van der Waals surface area contributed by atoms with E-state index in [4.69, 9.17) is 5.11 Å². The van der Waals surface area contributed by atoms with Crippen molar-refractivity contribution in [2.24, 2.45) is 0 Å². The van der Waals surface area contributed by atoms with E-state index >= 15 is 0 Å². The van der Waals surface area contributed by atoms with Crippen LogP contribution < -0.4 is 5.32 Å². The molecule has 72 valence electrons. The van der Waals surface area contributed by atoms with Crippen molar-refractivity contribution in [2.75, 3.05) is 12.0 Å². The molecule has 13 heavy (non-hydrogen) atoms. The van der Waals surface area contributed by atoms with Gasteiger partial charge in [-0.15, -0.1) is 0 Å². The Balaban J connectivity index is 2.92. The molecule has 0 bridgehead atoms. The lowest BCUT2D eigenvalue weighted by atomic mass is 10.3. The Kier molecular flexibility index (Phi) is 2.72. The number of hydrogen-bond donors (Lipinski definition) is 2. The maximum Gasteiger partial charge on any atom is 0.433 e. The topological polar surface area (TPSA) is 45.1 Å². The maximum absolute atomic E-state index is 12.1. The van der Waals surface area contributed by atoms with E-state index in [0.717, 1.165) is 12.3 Å². The van der Waals surface area contributed by atoms with E-state index in [1.165, 1.54) is 6.07 Å². The molecular weight excluding hydrogens is 185 g/mol. The quantitative estimate of drug-likeness (QED) is 0.697. The van der Waals surface area contributed by atoms with Crippen LogP contribution in [0, 0.1) is 0 Å². The smallest absolute Gasteiger partial charge is 0.377 e. The Morgan fingerprint density at radius 3 is 2.69 bits per heavy atom. The minimum atomic E-state index is -4.45. The number of anilines is 1. The summed E-state index contributed by atoms with van der Waals surface area (Å²) in [6.45, 7) is -0.415. The molecule has 0 aliphatic heterocycles. The average molecular weight is 192 g/mol. The first-order valence-electron chi connectivity index (χ1n) is 3.42. The normalized spacial score (nSPS) is 11.4. The van der Waals surface area contributed by atoms with Gasteiger partial charge in [-0.2, -0.15) is 13.2 Å². The van der Waals surface area contributed by atoms with Crippen LogP contribution in [-0.4, -0.2) is 16.8 Å². The number of aliphatic hydroxyl groups excluding tert-OH is 1. The molecule has 0 saturated heterocycles. The molecule has 1 aromatic heterocycles. The summed E-state index contributed by atoms with van der Waals surface area (Å²) in [6, 6.07) is 2.17. The van der Waals surface area contributed by atoms with Gasteiger partial charge in [-0.05, 0) is 12.1 Å². The van der Waals surface area contributed by atoms with Crippen LogP contribution in [0.4, 0.5) is 18.9 Å². The molecule has 6 heteroatoms. The molecule has 0 aliphatic rings. The Labute approximate surface area is 72.2 Å². The largest absolute Gasteiger partial charge is 0.433 e. The molecule has 0 aromatic carbocycles. The standard InChI is InChI=1S/C7H7F3N2O/c8-7(9,10)6-3-5(12-4-13)1-2-11-6/h1-3,13H,4H2,(H,11,12). The number of hydrogen-bond acceptors (Lipinski definition) is 3. The first-order valence-corrected chi connectivity index (χ1v) is 3.42. The number of nitrogens with zero attached hydrogens (tertiary/aromatic N) is 1. The summed E-state index contributed by atoms with van der Waals surface area (Å²) >= 11 is 0. The molecule has 0 fully saturated rings. The highest BCUT2D eigenvalue weighted by molar-refractivity contribution is 5.43. The highest BCUT2D eigenvalue weighted by atomic mass is 19.4. The van der Waals surface area contributed by atoms with Gasteiger partial charge < -0.3 is 10.4 Å². The summed E-state index contributed by atoms with van der Waals surface area (Å²) in [6.07, 6.45) is -3.42. The van der Waals surface area contributed by atoms with Crippen molar-refractivity contribution in [1.29, 1.82) is 0 Å². The van der Waals surface area contributed by atoms with Gasteiger partial charge in [-0.3, -0.25) is 4.98 Å². The molecule has 2 N–H and O–H groups in total. The van der Waals surface area contributed by atoms with Crippen LogP contribution in [0.2, 0.25) is 0 Å². The van der Waals surface area contributed by atoms with Crippen molar-refractivity contribution in [2.45, 2.75) is 6.18 Å². The lowest BCUT2D eigenvalue weighted by molar-refractivity contribution is -0.141. The first kappa shape index (κ1) is 9.79.